The molecule has 0 spiro atoms. The number of fused-ring (bicyclic) bond motifs is 4. The van der Waals surface area contributed by atoms with Crippen LogP contribution in [0.25, 0.3) is 0 Å². The first-order valence-corrected chi connectivity index (χ1v) is 13.4. The second kappa shape index (κ2) is 8.92. The fourth-order valence-electron chi connectivity index (χ4n) is 4.86. The quantitative estimate of drug-likeness (QED) is 0.563. The van der Waals surface area contributed by atoms with Crippen LogP contribution in [-0.2, 0) is 27.8 Å². The van der Waals surface area contributed by atoms with Gasteiger partial charge in [-0.3, -0.25) is 14.3 Å². The Morgan fingerprint density at radius 2 is 1.91 bits per heavy atom. The molecule has 1 aromatic carbocycles. The molecular formula is C24H25N3O5S2. The van der Waals surface area contributed by atoms with Gasteiger partial charge in [0.05, 0.1) is 18.4 Å². The number of hydrogen-bond acceptors (Lipinski definition) is 6. The normalized spacial score (nSPS) is 19.4. The van der Waals surface area contributed by atoms with E-state index in [2.05, 4.69) is 4.72 Å². The highest BCUT2D eigenvalue weighted by molar-refractivity contribution is 7.92. The fourth-order valence-corrected chi connectivity index (χ4v) is 6.61. The van der Waals surface area contributed by atoms with Crippen molar-refractivity contribution in [3.63, 3.8) is 0 Å². The number of aromatic nitrogens is 1. The number of methoxy groups -OCH3 is 1. The minimum atomic E-state index is -3.92. The van der Waals surface area contributed by atoms with E-state index < -0.39 is 10.0 Å². The molecule has 34 heavy (non-hydrogen) atoms. The molecule has 10 heteroatoms. The number of thiophene rings is 1. The maximum atomic E-state index is 13.2. The number of nitrogens with one attached hydrogen (secondary N) is 1. The van der Waals surface area contributed by atoms with E-state index in [1.807, 2.05) is 22.4 Å². The molecule has 5 rings (SSSR count). The van der Waals surface area contributed by atoms with E-state index in [0.717, 1.165) is 17.0 Å². The number of carbonyl (C=O) groups is 1. The predicted octanol–water partition coefficient (Wildman–Crippen LogP) is 2.91. The molecule has 2 atom stereocenters. The number of carbonyl (C=O) groups excluding carboxylic acids is 1. The first-order valence-electron chi connectivity index (χ1n) is 11.0. The van der Waals surface area contributed by atoms with Crippen molar-refractivity contribution in [1.29, 1.82) is 0 Å². The van der Waals surface area contributed by atoms with Gasteiger partial charge in [0.15, 0.2) is 0 Å². The smallest absolute Gasteiger partial charge is 0.275 e. The van der Waals surface area contributed by atoms with Gasteiger partial charge in [-0.25, -0.2) is 8.42 Å². The topological polar surface area (TPSA) is 97.7 Å². The number of likely N-dealkylation sites (tertiary alicyclic amines) is 1. The van der Waals surface area contributed by atoms with Gasteiger partial charge in [0.25, 0.3) is 15.6 Å². The highest BCUT2D eigenvalue weighted by atomic mass is 32.2. The number of anilines is 1. The number of pyridine rings is 1. The molecule has 2 aromatic heterocycles. The molecule has 8 nitrogen and oxygen atoms in total. The maximum Gasteiger partial charge on any atom is 0.275 e. The third-order valence-electron chi connectivity index (χ3n) is 6.48. The van der Waals surface area contributed by atoms with Crippen molar-refractivity contribution < 1.29 is 17.9 Å². The van der Waals surface area contributed by atoms with Gasteiger partial charge in [-0.15, -0.1) is 11.3 Å². The molecule has 0 unspecified atom stereocenters. The second-order valence-corrected chi connectivity index (χ2v) is 11.4. The molecule has 2 aliphatic rings. The molecule has 2 bridgehead atoms. The molecule has 2 aliphatic heterocycles. The van der Waals surface area contributed by atoms with Gasteiger partial charge in [0.1, 0.15) is 11.4 Å². The number of nitrogens with zero attached hydrogens (tertiary/aromatic N) is 2. The molecule has 4 heterocycles. The zero-order valence-corrected chi connectivity index (χ0v) is 20.3. The number of amides is 1. The Morgan fingerprint density at radius 3 is 2.62 bits per heavy atom. The molecule has 0 aliphatic carbocycles. The summed E-state index contributed by atoms with van der Waals surface area (Å²) in [6, 6.07) is 13.2. The van der Waals surface area contributed by atoms with Crippen LogP contribution < -0.4 is 15.0 Å². The predicted molar refractivity (Wildman–Crippen MR) is 130 cm³/mol. The van der Waals surface area contributed by atoms with Crippen LogP contribution in [0.1, 0.15) is 22.9 Å². The Bertz CT molecular complexity index is 1360. The van der Waals surface area contributed by atoms with Crippen LogP contribution in [-0.4, -0.2) is 44.0 Å². The summed E-state index contributed by atoms with van der Waals surface area (Å²) >= 11 is 1.58. The highest BCUT2D eigenvalue weighted by Crippen LogP contribution is 2.36. The zero-order valence-electron chi connectivity index (χ0n) is 18.6. The van der Waals surface area contributed by atoms with Crippen LogP contribution in [0, 0.1) is 5.92 Å². The lowest BCUT2D eigenvalue weighted by molar-refractivity contribution is -0.133. The summed E-state index contributed by atoms with van der Waals surface area (Å²) in [6.07, 6.45) is 1.31. The molecule has 1 amide bonds. The monoisotopic (exact) mass is 499 g/mol. The van der Waals surface area contributed by atoms with Gasteiger partial charge >= 0.3 is 0 Å². The molecule has 1 fully saturated rings. The van der Waals surface area contributed by atoms with Gasteiger partial charge < -0.3 is 14.2 Å². The minimum absolute atomic E-state index is 0.0187. The van der Waals surface area contributed by atoms with Gasteiger partial charge in [0, 0.05) is 36.1 Å². The van der Waals surface area contributed by atoms with E-state index in [-0.39, 0.29) is 33.9 Å². The van der Waals surface area contributed by atoms with Crippen LogP contribution in [0.3, 0.4) is 0 Å². The summed E-state index contributed by atoms with van der Waals surface area (Å²) in [5, 5.41) is 1.97. The summed E-state index contributed by atoms with van der Waals surface area (Å²) in [6.45, 7) is 1.64. The summed E-state index contributed by atoms with van der Waals surface area (Å²) in [7, 11) is -2.42. The van der Waals surface area contributed by atoms with Crippen LogP contribution in [0.4, 0.5) is 5.69 Å². The van der Waals surface area contributed by atoms with Crippen molar-refractivity contribution in [2.45, 2.75) is 30.2 Å². The molecule has 0 saturated carbocycles. The van der Waals surface area contributed by atoms with E-state index in [1.165, 1.54) is 25.3 Å². The largest absolute Gasteiger partial charge is 0.497 e. The number of benzene rings is 1. The Morgan fingerprint density at radius 1 is 1.12 bits per heavy atom. The van der Waals surface area contributed by atoms with Crippen molar-refractivity contribution in [2.75, 3.05) is 24.9 Å². The number of rotatable bonds is 6. The molecule has 3 aromatic rings. The molecular weight excluding hydrogens is 474 g/mol. The standard InChI is InChI=1S/C24H25N3O5S2/c1-32-18-4-6-20(7-5-18)34(30,31)25-21-8-9-22-17-11-16(14-27(22)24(21)29)13-26(15-17)23(28)12-19-3-2-10-33-19/h2-10,16-17,25H,11-15H2,1H3/t16-,17+/m0/s1. The SMILES string of the molecule is COc1ccc(S(=O)(=O)Nc2ccc3n(c2=O)C[C@H]2C[C@@H]3CN(C(=O)Cc3cccs3)C2)cc1. The van der Waals surface area contributed by atoms with E-state index in [0.29, 0.717) is 31.8 Å². The van der Waals surface area contributed by atoms with Crippen molar-refractivity contribution in [2.24, 2.45) is 5.92 Å². The number of hydrogen-bond donors (Lipinski definition) is 1. The first kappa shape index (κ1) is 22.7. The lowest BCUT2D eigenvalue weighted by Gasteiger charge is -2.43. The van der Waals surface area contributed by atoms with Gasteiger partial charge in [-0.05, 0) is 60.2 Å². The molecule has 178 valence electrons. The fraction of sp³-hybridized carbons (Fsp3) is 0.333. The Kier molecular flexibility index (Phi) is 5.95. The average molecular weight is 500 g/mol. The first-order chi connectivity index (χ1) is 16.3. The highest BCUT2D eigenvalue weighted by Gasteiger charge is 2.36. The third-order valence-corrected chi connectivity index (χ3v) is 8.73. The van der Waals surface area contributed by atoms with Crippen molar-refractivity contribution in [3.05, 3.63) is 74.8 Å². The van der Waals surface area contributed by atoms with Crippen LogP contribution in [0.2, 0.25) is 0 Å². The van der Waals surface area contributed by atoms with E-state index >= 15 is 0 Å². The lowest BCUT2D eigenvalue weighted by atomic mass is 9.83. The average Bonchev–Trinajstić information content (AvgIpc) is 3.34. The summed E-state index contributed by atoms with van der Waals surface area (Å²) in [4.78, 5) is 29.1. The molecule has 0 radical (unpaired) electrons. The van der Waals surface area contributed by atoms with E-state index in [4.69, 9.17) is 4.74 Å². The van der Waals surface area contributed by atoms with Crippen LogP contribution >= 0.6 is 11.3 Å². The van der Waals surface area contributed by atoms with Crippen molar-refractivity contribution in [3.8, 4) is 5.75 Å². The Balaban J connectivity index is 1.36. The van der Waals surface area contributed by atoms with Crippen molar-refractivity contribution in [1.82, 2.24) is 9.47 Å². The van der Waals surface area contributed by atoms with E-state index in [9.17, 15) is 18.0 Å². The Labute approximate surface area is 201 Å². The summed E-state index contributed by atoms with van der Waals surface area (Å²) in [5.74, 6) is 0.864. The van der Waals surface area contributed by atoms with Crippen molar-refractivity contribution >= 4 is 33.0 Å². The zero-order chi connectivity index (χ0) is 23.9. The Hall–Kier alpha value is -3.11. The molecule has 1 N–H and O–H groups in total. The van der Waals surface area contributed by atoms with Gasteiger partial charge in [0.2, 0.25) is 5.91 Å². The van der Waals surface area contributed by atoms with Crippen LogP contribution in [0.5, 0.6) is 5.75 Å². The summed E-state index contributed by atoms with van der Waals surface area (Å²) in [5.41, 5.74) is 0.509. The third kappa shape index (κ3) is 4.35. The second-order valence-electron chi connectivity index (χ2n) is 8.72. The number of sulfonamides is 1. The number of ether oxygens (including phenoxy) is 1. The van der Waals surface area contributed by atoms with Gasteiger partial charge in [-0.2, -0.15) is 0 Å². The van der Waals surface area contributed by atoms with Gasteiger partial charge in [-0.1, -0.05) is 6.07 Å². The van der Waals surface area contributed by atoms with E-state index in [1.54, 1.807) is 34.1 Å². The summed E-state index contributed by atoms with van der Waals surface area (Å²) < 4.78 is 34.8. The number of piperidine rings is 1. The molecule has 1 saturated heterocycles. The minimum Gasteiger partial charge on any atom is -0.497 e. The maximum absolute atomic E-state index is 13.2. The lowest BCUT2D eigenvalue weighted by Crippen LogP contribution is -2.49. The van der Waals surface area contributed by atoms with Crippen LogP contribution in [0.15, 0.2) is 63.6 Å².